The number of carbonyl (C=O) groups is 1. The normalized spacial score (nSPS) is 12.1. The maximum absolute atomic E-state index is 12.8. The van der Waals surface area contributed by atoms with Crippen molar-refractivity contribution in [2.45, 2.75) is 19.6 Å². The zero-order valence-corrected chi connectivity index (χ0v) is 15.9. The van der Waals surface area contributed by atoms with Gasteiger partial charge in [-0.15, -0.1) is 0 Å². The van der Waals surface area contributed by atoms with E-state index in [4.69, 9.17) is 4.74 Å². The monoisotopic (exact) mass is 371 g/mol. The fraction of sp³-hybridized carbons (Fsp3) is 0.174. The SMILES string of the molecule is CC(Oc1ccc2ccccc2c1)C(=O)N(C)Cc1ccc2nccnc2c1. The highest BCUT2D eigenvalue weighted by atomic mass is 16.5. The molecule has 4 aromatic rings. The molecule has 1 atom stereocenters. The highest BCUT2D eigenvalue weighted by molar-refractivity contribution is 5.84. The van der Waals surface area contributed by atoms with Gasteiger partial charge in [0.25, 0.3) is 5.91 Å². The fourth-order valence-corrected chi connectivity index (χ4v) is 3.26. The minimum absolute atomic E-state index is 0.0765. The van der Waals surface area contributed by atoms with Crippen molar-refractivity contribution in [1.82, 2.24) is 14.9 Å². The highest BCUT2D eigenvalue weighted by Crippen LogP contribution is 2.22. The van der Waals surface area contributed by atoms with E-state index in [1.165, 1.54) is 0 Å². The van der Waals surface area contributed by atoms with E-state index >= 15 is 0 Å². The second-order valence-corrected chi connectivity index (χ2v) is 6.84. The second-order valence-electron chi connectivity index (χ2n) is 6.84. The van der Waals surface area contributed by atoms with Crippen molar-refractivity contribution in [3.63, 3.8) is 0 Å². The smallest absolute Gasteiger partial charge is 0.263 e. The van der Waals surface area contributed by atoms with Crippen LogP contribution in [0.3, 0.4) is 0 Å². The summed E-state index contributed by atoms with van der Waals surface area (Å²) in [5.74, 6) is 0.612. The van der Waals surface area contributed by atoms with Crippen LogP contribution in [-0.2, 0) is 11.3 Å². The van der Waals surface area contributed by atoms with E-state index in [1.54, 1.807) is 31.3 Å². The third-order valence-electron chi connectivity index (χ3n) is 4.71. The van der Waals surface area contributed by atoms with Crippen LogP contribution in [0.2, 0.25) is 0 Å². The number of benzene rings is 3. The molecule has 0 aliphatic carbocycles. The molecule has 140 valence electrons. The summed E-state index contributed by atoms with van der Waals surface area (Å²) in [6, 6.07) is 19.8. The van der Waals surface area contributed by atoms with Crippen LogP contribution in [0, 0.1) is 0 Å². The molecule has 5 nitrogen and oxygen atoms in total. The summed E-state index contributed by atoms with van der Waals surface area (Å²) in [5, 5.41) is 2.23. The maximum atomic E-state index is 12.8. The number of rotatable bonds is 5. The number of nitrogens with zero attached hydrogens (tertiary/aromatic N) is 3. The number of likely N-dealkylation sites (N-methyl/N-ethyl adjacent to an activating group) is 1. The molecule has 1 heterocycles. The van der Waals surface area contributed by atoms with Gasteiger partial charge in [0, 0.05) is 26.0 Å². The Balaban J connectivity index is 1.44. The van der Waals surface area contributed by atoms with Gasteiger partial charge in [-0.2, -0.15) is 0 Å². The first kappa shape index (κ1) is 17.9. The zero-order valence-electron chi connectivity index (χ0n) is 15.9. The number of hydrogen-bond acceptors (Lipinski definition) is 4. The lowest BCUT2D eigenvalue weighted by atomic mass is 10.1. The van der Waals surface area contributed by atoms with Crippen molar-refractivity contribution in [1.29, 1.82) is 0 Å². The second kappa shape index (κ2) is 7.64. The van der Waals surface area contributed by atoms with Crippen LogP contribution in [0.15, 0.2) is 73.1 Å². The van der Waals surface area contributed by atoms with E-state index in [-0.39, 0.29) is 5.91 Å². The van der Waals surface area contributed by atoms with Gasteiger partial charge in [0.1, 0.15) is 5.75 Å². The first-order valence-corrected chi connectivity index (χ1v) is 9.20. The Morgan fingerprint density at radius 1 is 0.964 bits per heavy atom. The van der Waals surface area contributed by atoms with Gasteiger partial charge in [0.2, 0.25) is 0 Å². The molecule has 4 rings (SSSR count). The van der Waals surface area contributed by atoms with Crippen molar-refractivity contribution < 1.29 is 9.53 Å². The molecule has 0 bridgehead atoms. The molecule has 0 N–H and O–H groups in total. The number of hydrogen-bond donors (Lipinski definition) is 0. The van der Waals surface area contributed by atoms with Crippen molar-refractivity contribution >= 4 is 27.7 Å². The topological polar surface area (TPSA) is 55.3 Å². The molecule has 3 aromatic carbocycles. The maximum Gasteiger partial charge on any atom is 0.263 e. The average Bonchev–Trinajstić information content (AvgIpc) is 2.73. The average molecular weight is 371 g/mol. The van der Waals surface area contributed by atoms with Crippen LogP contribution in [-0.4, -0.2) is 33.9 Å². The van der Waals surface area contributed by atoms with Crippen LogP contribution < -0.4 is 4.74 Å². The Kier molecular flexibility index (Phi) is 4.89. The van der Waals surface area contributed by atoms with Crippen LogP contribution in [0.1, 0.15) is 12.5 Å². The zero-order chi connectivity index (χ0) is 19.5. The van der Waals surface area contributed by atoms with Crippen LogP contribution in [0.5, 0.6) is 5.75 Å². The third kappa shape index (κ3) is 3.78. The van der Waals surface area contributed by atoms with Gasteiger partial charge in [-0.25, -0.2) is 0 Å². The Morgan fingerprint density at radius 2 is 1.71 bits per heavy atom. The van der Waals surface area contributed by atoms with E-state index in [0.29, 0.717) is 12.3 Å². The van der Waals surface area contributed by atoms with Gasteiger partial charge in [0.05, 0.1) is 11.0 Å². The Bertz CT molecular complexity index is 1050. The molecule has 0 spiro atoms. The largest absolute Gasteiger partial charge is 0.481 e. The van der Waals surface area contributed by atoms with Gasteiger partial charge in [-0.3, -0.25) is 14.8 Å². The van der Waals surface area contributed by atoms with Crippen molar-refractivity contribution in [3.8, 4) is 5.75 Å². The predicted octanol–water partition coefficient (Wildman–Crippen LogP) is 4.21. The first-order chi connectivity index (χ1) is 13.6. The van der Waals surface area contributed by atoms with Crippen LogP contribution in [0.25, 0.3) is 21.8 Å². The Morgan fingerprint density at radius 3 is 2.54 bits per heavy atom. The molecule has 1 unspecified atom stereocenters. The van der Waals surface area contributed by atoms with E-state index in [0.717, 1.165) is 27.4 Å². The number of ether oxygens (including phenoxy) is 1. The first-order valence-electron chi connectivity index (χ1n) is 9.20. The van der Waals surface area contributed by atoms with Gasteiger partial charge in [-0.1, -0.05) is 36.4 Å². The molecule has 1 amide bonds. The molecule has 1 aromatic heterocycles. The summed E-state index contributed by atoms with van der Waals surface area (Å²) >= 11 is 0. The summed E-state index contributed by atoms with van der Waals surface area (Å²) in [7, 11) is 1.78. The summed E-state index contributed by atoms with van der Waals surface area (Å²) in [5.41, 5.74) is 2.66. The predicted molar refractivity (Wildman–Crippen MR) is 110 cm³/mol. The minimum atomic E-state index is -0.577. The number of carbonyl (C=O) groups excluding carboxylic acids is 1. The van der Waals surface area contributed by atoms with Crippen molar-refractivity contribution in [3.05, 3.63) is 78.6 Å². The summed E-state index contributed by atoms with van der Waals surface area (Å²) in [4.78, 5) is 23.0. The molecule has 0 aliphatic heterocycles. The van der Waals surface area contributed by atoms with E-state index in [1.807, 2.05) is 54.6 Å². The van der Waals surface area contributed by atoms with E-state index < -0.39 is 6.10 Å². The number of fused-ring (bicyclic) bond motifs is 2. The Hall–Kier alpha value is -3.47. The molecule has 5 heteroatoms. The highest BCUT2D eigenvalue weighted by Gasteiger charge is 2.19. The molecule has 0 aliphatic rings. The molecule has 0 radical (unpaired) electrons. The molecule has 0 fully saturated rings. The lowest BCUT2D eigenvalue weighted by molar-refractivity contribution is -0.137. The number of aromatic nitrogens is 2. The molecular weight excluding hydrogens is 350 g/mol. The standard InChI is InChI=1S/C23H21N3O2/c1-16(28-20-9-8-18-5-3-4-6-19(18)14-20)23(27)26(2)15-17-7-10-21-22(13-17)25-12-11-24-21/h3-14,16H,15H2,1-2H3. The van der Waals surface area contributed by atoms with Crippen LogP contribution in [0.4, 0.5) is 0 Å². The lowest BCUT2D eigenvalue weighted by Gasteiger charge is -2.22. The van der Waals surface area contributed by atoms with Gasteiger partial charge < -0.3 is 9.64 Å². The van der Waals surface area contributed by atoms with Gasteiger partial charge in [-0.05, 0) is 47.5 Å². The van der Waals surface area contributed by atoms with Gasteiger partial charge >= 0.3 is 0 Å². The number of amides is 1. The van der Waals surface area contributed by atoms with Crippen molar-refractivity contribution in [2.75, 3.05) is 7.05 Å². The lowest BCUT2D eigenvalue weighted by Crippen LogP contribution is -2.37. The Labute approximate surface area is 163 Å². The van der Waals surface area contributed by atoms with Crippen LogP contribution >= 0.6 is 0 Å². The quantitative estimate of drug-likeness (QED) is 0.527. The van der Waals surface area contributed by atoms with E-state index in [2.05, 4.69) is 16.0 Å². The molecular formula is C23H21N3O2. The third-order valence-corrected chi connectivity index (χ3v) is 4.71. The molecule has 28 heavy (non-hydrogen) atoms. The molecule has 0 saturated carbocycles. The summed E-state index contributed by atoms with van der Waals surface area (Å²) in [6.45, 7) is 2.26. The summed E-state index contributed by atoms with van der Waals surface area (Å²) in [6.07, 6.45) is 2.76. The molecule has 0 saturated heterocycles. The minimum Gasteiger partial charge on any atom is -0.481 e. The van der Waals surface area contributed by atoms with Gasteiger partial charge in [0.15, 0.2) is 6.10 Å². The fourth-order valence-electron chi connectivity index (χ4n) is 3.26. The van der Waals surface area contributed by atoms with E-state index in [9.17, 15) is 4.79 Å². The van der Waals surface area contributed by atoms with Crippen molar-refractivity contribution in [2.24, 2.45) is 0 Å². The summed E-state index contributed by atoms with van der Waals surface area (Å²) < 4.78 is 5.90.